The van der Waals surface area contributed by atoms with Crippen LogP contribution in [0.5, 0.6) is 0 Å². The van der Waals surface area contributed by atoms with Crippen molar-refractivity contribution in [3.05, 3.63) is 0 Å². The predicted molar refractivity (Wildman–Crippen MR) is 49.1 cm³/mol. The van der Waals surface area contributed by atoms with Gasteiger partial charge in [-0.15, -0.1) is 0 Å². The van der Waals surface area contributed by atoms with Crippen molar-refractivity contribution in [2.75, 3.05) is 12.4 Å². The fraction of sp³-hybridized carbons (Fsp3) is 0.875. The molecule has 1 aliphatic rings. The van der Waals surface area contributed by atoms with E-state index in [9.17, 15) is 13.2 Å². The van der Waals surface area contributed by atoms with Gasteiger partial charge in [-0.05, 0) is 0 Å². The highest BCUT2D eigenvalue weighted by atomic mass is 32.2. The normalized spacial score (nSPS) is 26.1. The van der Waals surface area contributed by atoms with Crippen molar-refractivity contribution in [1.29, 1.82) is 0 Å². The SMILES string of the molecule is CC(C)C(=O)OC1CCOS(=O)(=O)C1. The summed E-state index contributed by atoms with van der Waals surface area (Å²) in [5, 5.41) is 0. The molecular weight excluding hydrogens is 208 g/mol. The molecule has 0 N–H and O–H groups in total. The first-order chi connectivity index (χ1) is 6.41. The predicted octanol–water partition coefficient (Wildman–Crippen LogP) is 0.304. The largest absolute Gasteiger partial charge is 0.461 e. The Morgan fingerprint density at radius 2 is 2.14 bits per heavy atom. The third kappa shape index (κ3) is 3.26. The summed E-state index contributed by atoms with van der Waals surface area (Å²) in [5.74, 6) is -0.835. The molecule has 0 saturated carbocycles. The van der Waals surface area contributed by atoms with E-state index in [1.807, 2.05) is 0 Å². The Balaban J connectivity index is 2.50. The van der Waals surface area contributed by atoms with E-state index in [4.69, 9.17) is 4.74 Å². The summed E-state index contributed by atoms with van der Waals surface area (Å²) < 4.78 is 31.5. The van der Waals surface area contributed by atoms with Crippen LogP contribution in [0.4, 0.5) is 0 Å². The third-order valence-corrected chi connectivity index (χ3v) is 3.15. The van der Waals surface area contributed by atoms with Crippen LogP contribution in [-0.4, -0.2) is 32.9 Å². The van der Waals surface area contributed by atoms with Gasteiger partial charge in [0.1, 0.15) is 11.9 Å². The van der Waals surface area contributed by atoms with Crippen LogP contribution >= 0.6 is 0 Å². The number of hydrogen-bond donors (Lipinski definition) is 0. The van der Waals surface area contributed by atoms with Crippen molar-refractivity contribution < 1.29 is 22.1 Å². The van der Waals surface area contributed by atoms with Crippen molar-refractivity contribution in [1.82, 2.24) is 0 Å². The van der Waals surface area contributed by atoms with Gasteiger partial charge in [-0.2, -0.15) is 8.42 Å². The Hall–Kier alpha value is -0.620. The lowest BCUT2D eigenvalue weighted by Gasteiger charge is -2.22. The Morgan fingerprint density at radius 1 is 1.50 bits per heavy atom. The summed E-state index contributed by atoms with van der Waals surface area (Å²) in [5.41, 5.74) is 0. The van der Waals surface area contributed by atoms with Crippen molar-refractivity contribution in [3.8, 4) is 0 Å². The molecule has 1 rings (SSSR count). The van der Waals surface area contributed by atoms with Gasteiger partial charge >= 0.3 is 5.97 Å². The summed E-state index contributed by atoms with van der Waals surface area (Å²) in [4.78, 5) is 11.2. The second-order valence-corrected chi connectivity index (χ2v) is 5.23. The molecule has 0 aromatic heterocycles. The van der Waals surface area contributed by atoms with E-state index >= 15 is 0 Å². The maximum atomic E-state index is 11.2. The fourth-order valence-electron chi connectivity index (χ4n) is 1.06. The monoisotopic (exact) mass is 222 g/mol. The fourth-order valence-corrected chi connectivity index (χ4v) is 2.20. The van der Waals surface area contributed by atoms with Gasteiger partial charge < -0.3 is 4.74 Å². The quantitative estimate of drug-likeness (QED) is 0.496. The smallest absolute Gasteiger partial charge is 0.308 e. The van der Waals surface area contributed by atoms with E-state index in [0.29, 0.717) is 6.42 Å². The minimum absolute atomic E-state index is 0.0956. The molecule has 0 bridgehead atoms. The summed E-state index contributed by atoms with van der Waals surface area (Å²) in [7, 11) is -3.48. The molecule has 1 aliphatic heterocycles. The molecule has 0 spiro atoms. The molecule has 0 aromatic carbocycles. The van der Waals surface area contributed by atoms with Crippen molar-refractivity contribution in [2.24, 2.45) is 5.92 Å². The van der Waals surface area contributed by atoms with Gasteiger partial charge in [0.25, 0.3) is 10.1 Å². The Morgan fingerprint density at radius 3 is 2.64 bits per heavy atom. The average molecular weight is 222 g/mol. The van der Waals surface area contributed by atoms with Gasteiger partial charge in [0.05, 0.1) is 12.5 Å². The van der Waals surface area contributed by atoms with Crippen LogP contribution < -0.4 is 0 Å². The zero-order valence-corrected chi connectivity index (χ0v) is 9.04. The molecule has 1 atom stereocenters. The Kier molecular flexibility index (Phi) is 3.49. The van der Waals surface area contributed by atoms with Crippen LogP contribution in [-0.2, 0) is 23.8 Å². The van der Waals surface area contributed by atoms with Gasteiger partial charge in [-0.25, -0.2) is 0 Å². The lowest BCUT2D eigenvalue weighted by atomic mass is 10.2. The number of rotatable bonds is 2. The van der Waals surface area contributed by atoms with E-state index < -0.39 is 16.2 Å². The van der Waals surface area contributed by atoms with Crippen LogP contribution in [0.3, 0.4) is 0 Å². The Labute approximate surface area is 83.5 Å². The number of ether oxygens (including phenoxy) is 1. The van der Waals surface area contributed by atoms with E-state index in [0.717, 1.165) is 0 Å². The van der Waals surface area contributed by atoms with Gasteiger partial charge in [0.2, 0.25) is 0 Å². The Bertz CT molecular complexity index is 306. The van der Waals surface area contributed by atoms with Gasteiger partial charge in [0.15, 0.2) is 0 Å². The standard InChI is InChI=1S/C8H14O5S/c1-6(2)8(9)13-7-3-4-12-14(10,11)5-7/h6-7H,3-5H2,1-2H3. The molecule has 0 amide bonds. The minimum Gasteiger partial charge on any atom is -0.461 e. The highest BCUT2D eigenvalue weighted by Gasteiger charge is 2.28. The summed E-state index contributed by atoms with van der Waals surface area (Å²) in [6, 6.07) is 0. The van der Waals surface area contributed by atoms with Crippen LogP contribution in [0.2, 0.25) is 0 Å². The van der Waals surface area contributed by atoms with E-state index in [2.05, 4.69) is 4.18 Å². The maximum absolute atomic E-state index is 11.2. The van der Waals surface area contributed by atoms with Crippen molar-refractivity contribution in [3.63, 3.8) is 0 Å². The number of carbonyl (C=O) groups is 1. The van der Waals surface area contributed by atoms with Gasteiger partial charge in [-0.1, -0.05) is 13.8 Å². The lowest BCUT2D eigenvalue weighted by molar-refractivity contribution is -0.152. The molecule has 5 nitrogen and oxygen atoms in total. The molecule has 14 heavy (non-hydrogen) atoms. The van der Waals surface area contributed by atoms with Crippen LogP contribution in [0.1, 0.15) is 20.3 Å². The van der Waals surface area contributed by atoms with Crippen molar-refractivity contribution in [2.45, 2.75) is 26.4 Å². The molecule has 1 unspecified atom stereocenters. The van der Waals surface area contributed by atoms with Crippen LogP contribution in [0.25, 0.3) is 0 Å². The van der Waals surface area contributed by atoms with E-state index in [1.54, 1.807) is 13.8 Å². The number of carbonyl (C=O) groups excluding carboxylic acids is 1. The first kappa shape index (κ1) is 11.5. The number of hydrogen-bond acceptors (Lipinski definition) is 5. The molecule has 1 heterocycles. The van der Waals surface area contributed by atoms with Gasteiger partial charge in [0, 0.05) is 6.42 Å². The van der Waals surface area contributed by atoms with E-state index in [1.165, 1.54) is 0 Å². The minimum atomic E-state index is -3.48. The zero-order valence-electron chi connectivity index (χ0n) is 8.23. The highest BCUT2D eigenvalue weighted by molar-refractivity contribution is 7.86. The van der Waals surface area contributed by atoms with Gasteiger partial charge in [-0.3, -0.25) is 8.98 Å². The van der Waals surface area contributed by atoms with Crippen LogP contribution in [0.15, 0.2) is 0 Å². The second-order valence-electron chi connectivity index (χ2n) is 3.55. The molecule has 0 radical (unpaired) electrons. The highest BCUT2D eigenvalue weighted by Crippen LogP contribution is 2.14. The second kappa shape index (κ2) is 4.27. The molecule has 6 heteroatoms. The summed E-state index contributed by atoms with van der Waals surface area (Å²) >= 11 is 0. The average Bonchev–Trinajstić information content (AvgIpc) is 2.01. The lowest BCUT2D eigenvalue weighted by Crippen LogP contribution is -2.35. The molecule has 0 aliphatic carbocycles. The van der Waals surface area contributed by atoms with Crippen LogP contribution in [0, 0.1) is 5.92 Å². The molecule has 1 saturated heterocycles. The van der Waals surface area contributed by atoms with E-state index in [-0.39, 0.29) is 24.2 Å². The maximum Gasteiger partial charge on any atom is 0.308 e. The first-order valence-corrected chi connectivity index (χ1v) is 6.06. The molecular formula is C8H14O5S. The summed E-state index contributed by atoms with van der Waals surface area (Å²) in [6.07, 6.45) is -0.110. The van der Waals surface area contributed by atoms with Crippen molar-refractivity contribution >= 4 is 16.1 Å². The molecule has 0 aromatic rings. The first-order valence-electron chi connectivity index (χ1n) is 4.48. The summed E-state index contributed by atoms with van der Waals surface area (Å²) in [6.45, 7) is 3.50. The molecule has 82 valence electrons. The molecule has 1 fully saturated rings. The third-order valence-electron chi connectivity index (χ3n) is 1.85. The number of esters is 1. The topological polar surface area (TPSA) is 69.7 Å². The zero-order chi connectivity index (χ0) is 10.8.